The van der Waals surface area contributed by atoms with Crippen molar-refractivity contribution in [3.05, 3.63) is 98.7 Å². The van der Waals surface area contributed by atoms with Crippen molar-refractivity contribution in [2.24, 2.45) is 0 Å². The van der Waals surface area contributed by atoms with E-state index >= 15 is 0 Å². The molecule has 9 rings (SSSR count). The van der Waals surface area contributed by atoms with E-state index in [0.717, 1.165) is 23.3 Å². The average molecular weight is 1310 g/mol. The number of ether oxygens (including phenoxy) is 11. The van der Waals surface area contributed by atoms with E-state index in [1.165, 1.54) is 57.2 Å². The number of carbonyl (C=O) groups is 1. The van der Waals surface area contributed by atoms with Crippen LogP contribution in [0.1, 0.15) is 70.0 Å². The molecule has 1 aromatic heterocycles. The number of rotatable bonds is 19. The van der Waals surface area contributed by atoms with Crippen LogP contribution in [0.4, 0.5) is 0 Å². The van der Waals surface area contributed by atoms with Gasteiger partial charge in [-0.1, -0.05) is 23.3 Å². The molecule has 0 spiro atoms. The van der Waals surface area contributed by atoms with Crippen LogP contribution in [-0.2, 0) is 50.7 Å². The predicted molar refractivity (Wildman–Crippen MR) is 311 cm³/mol. The summed E-state index contributed by atoms with van der Waals surface area (Å²) < 4.78 is 71.4. The highest BCUT2D eigenvalue weighted by molar-refractivity contribution is 5.90. The number of benzene rings is 3. The molecule has 0 saturated carbocycles. The van der Waals surface area contributed by atoms with Crippen molar-refractivity contribution in [3.8, 4) is 40.1 Å². The Kier molecular flexibility index (Phi) is 22.4. The highest BCUT2D eigenvalue weighted by Gasteiger charge is 2.54. The molecule has 508 valence electrons. The molecule has 4 aromatic rings. The average Bonchev–Trinajstić information content (AvgIpc) is 0.773. The van der Waals surface area contributed by atoms with Gasteiger partial charge in [0.25, 0.3) is 0 Å². The molecule has 6 heterocycles. The first-order valence-corrected chi connectivity index (χ1v) is 29.7. The van der Waals surface area contributed by atoms with Gasteiger partial charge in [0, 0.05) is 17.7 Å². The van der Waals surface area contributed by atoms with Crippen LogP contribution >= 0.6 is 0 Å². The Balaban J connectivity index is 0.966. The third kappa shape index (κ3) is 14.9. The second kappa shape index (κ2) is 29.3. The fraction of sp³-hybridized carbons (Fsp3) is 0.581. The van der Waals surface area contributed by atoms with Crippen LogP contribution in [0, 0.1) is 0 Å². The molecule has 5 aliphatic rings. The van der Waals surface area contributed by atoms with Gasteiger partial charge < -0.3 is 138 Å². The number of phenolic OH excluding ortho intramolecular Hbond substituents is 2. The highest BCUT2D eigenvalue weighted by Crippen LogP contribution is 2.41. The lowest BCUT2D eigenvalue weighted by Crippen LogP contribution is -2.64. The molecular formula is C62H80O30. The van der Waals surface area contributed by atoms with Crippen molar-refractivity contribution in [2.45, 2.75) is 215 Å². The summed E-state index contributed by atoms with van der Waals surface area (Å²) in [6.45, 7) is 9.78. The second-order valence-corrected chi connectivity index (χ2v) is 24.0. The third-order valence-corrected chi connectivity index (χ3v) is 16.6. The van der Waals surface area contributed by atoms with E-state index in [-0.39, 0.29) is 52.6 Å². The Morgan fingerprint density at radius 1 is 0.511 bits per heavy atom. The lowest BCUT2D eigenvalue weighted by molar-refractivity contribution is -0.355. The van der Waals surface area contributed by atoms with Crippen LogP contribution in [0.5, 0.6) is 28.7 Å². The molecule has 5 fully saturated rings. The molecule has 0 unspecified atom stereocenters. The van der Waals surface area contributed by atoms with E-state index in [4.69, 9.17) is 56.5 Å². The molecule has 5 saturated heterocycles. The Morgan fingerprint density at radius 2 is 0.967 bits per heavy atom. The molecule has 0 bridgehead atoms. The summed E-state index contributed by atoms with van der Waals surface area (Å²) in [5, 5.41) is 173. The van der Waals surface area contributed by atoms with Crippen molar-refractivity contribution in [2.75, 3.05) is 13.2 Å². The van der Waals surface area contributed by atoms with Gasteiger partial charge in [0.05, 0.1) is 30.5 Å². The summed E-state index contributed by atoms with van der Waals surface area (Å²) in [5.74, 6) is -3.19. The Bertz CT molecular complexity index is 3270. The summed E-state index contributed by atoms with van der Waals surface area (Å²) >= 11 is 0. The highest BCUT2D eigenvalue weighted by atomic mass is 16.8. The summed E-state index contributed by atoms with van der Waals surface area (Å²) in [6.07, 6.45) is -38.9. The number of esters is 1. The maximum Gasteiger partial charge on any atom is 0.338 e. The number of aromatic hydroxyl groups is 2. The molecule has 0 radical (unpaired) electrons. The van der Waals surface area contributed by atoms with Crippen molar-refractivity contribution in [1.82, 2.24) is 0 Å². The number of carbonyl (C=O) groups excluding carboxylic acids is 1. The van der Waals surface area contributed by atoms with Gasteiger partial charge in [-0.15, -0.1) is 0 Å². The fourth-order valence-electron chi connectivity index (χ4n) is 11.0. The number of fused-ring (bicyclic) bond motifs is 1. The van der Waals surface area contributed by atoms with Gasteiger partial charge in [0.1, 0.15) is 132 Å². The van der Waals surface area contributed by atoms with Gasteiger partial charge in [-0.25, -0.2) is 4.79 Å². The predicted octanol–water partition coefficient (Wildman–Crippen LogP) is -1.98. The van der Waals surface area contributed by atoms with E-state index in [2.05, 4.69) is 0 Å². The first-order valence-electron chi connectivity index (χ1n) is 29.7. The number of phenols is 2. The van der Waals surface area contributed by atoms with Crippen LogP contribution in [-0.4, -0.2) is 254 Å². The molecule has 92 heavy (non-hydrogen) atoms. The molecule has 30 nitrogen and oxygen atoms in total. The molecule has 5 aliphatic heterocycles. The molecule has 25 atom stereocenters. The van der Waals surface area contributed by atoms with Gasteiger partial charge in [-0.2, -0.15) is 0 Å². The zero-order chi connectivity index (χ0) is 67.1. The van der Waals surface area contributed by atoms with Gasteiger partial charge >= 0.3 is 5.97 Å². The van der Waals surface area contributed by atoms with Crippen LogP contribution in [0.15, 0.2) is 81.0 Å². The van der Waals surface area contributed by atoms with E-state index < -0.39 is 195 Å². The number of aliphatic hydroxyl groups is 14. The van der Waals surface area contributed by atoms with Crippen molar-refractivity contribution >= 4 is 16.9 Å². The molecule has 16 N–H and O–H groups in total. The van der Waals surface area contributed by atoms with Gasteiger partial charge in [-0.3, -0.25) is 4.79 Å². The zero-order valence-electron chi connectivity index (χ0n) is 50.9. The fourth-order valence-corrected chi connectivity index (χ4v) is 11.0. The maximum absolute atomic E-state index is 14.3. The number of hydrogen-bond donors (Lipinski definition) is 16. The number of aliphatic hydroxyl groups excluding tert-OH is 14. The standard InChI is InChI=1S/C62H80O30/c1-22(2)8-10-28-16-30(17-29(11-9-23(3)4)52(28)89-62-56(48(76)41(69)35(20-63)87-62)91-59-50(78)45(73)39(67)25(6)83-59)57(80)81-21-36-42(70)46(74)51(79)60(88-36)92-55-47(75)40(68)26(7)84-61(55)85-32-18-33(65)37-34(19-32)86-53(27-12-14-31(64)15-13-27)54(43(37)71)90-58-49(77)44(72)38(66)24(5)82-58/h8-9,12-19,24-26,35-36,38-42,44-51,55-56,58-70,72-79H,10-11,20-21H2,1-7H3/t24-,25-,26-,35+,36+,38-,39-,40-,41+,42+,44+,45+,46-,47+,48-,49+,50+,51+,55+,56+,58-,59-,60-,61-,62-/m0/s1. The first-order chi connectivity index (χ1) is 43.5. The van der Waals surface area contributed by atoms with Crippen LogP contribution in [0.2, 0.25) is 0 Å². The summed E-state index contributed by atoms with van der Waals surface area (Å²) in [6, 6.07) is 10.1. The van der Waals surface area contributed by atoms with Crippen molar-refractivity contribution < 1.29 is 143 Å². The summed E-state index contributed by atoms with van der Waals surface area (Å²) in [7, 11) is 0. The second-order valence-electron chi connectivity index (χ2n) is 24.0. The van der Waals surface area contributed by atoms with Crippen molar-refractivity contribution in [3.63, 3.8) is 0 Å². The van der Waals surface area contributed by atoms with E-state index in [0.29, 0.717) is 11.1 Å². The monoisotopic (exact) mass is 1300 g/mol. The normalized spacial score (nSPS) is 36.6. The smallest absolute Gasteiger partial charge is 0.338 e. The van der Waals surface area contributed by atoms with Gasteiger partial charge in [0.2, 0.25) is 30.0 Å². The Hall–Kier alpha value is -6.02. The zero-order valence-corrected chi connectivity index (χ0v) is 50.9. The van der Waals surface area contributed by atoms with E-state index in [1.807, 2.05) is 27.7 Å². The summed E-state index contributed by atoms with van der Waals surface area (Å²) in [5.41, 5.74) is 0.924. The van der Waals surface area contributed by atoms with Gasteiger partial charge in [0.15, 0.2) is 30.5 Å². The Morgan fingerprint density at radius 3 is 1.52 bits per heavy atom. The number of hydrogen-bond acceptors (Lipinski definition) is 30. The molecule has 0 amide bonds. The third-order valence-electron chi connectivity index (χ3n) is 16.6. The lowest BCUT2D eigenvalue weighted by atomic mass is 9.96. The van der Waals surface area contributed by atoms with Gasteiger partial charge in [-0.05, 0) is 109 Å². The van der Waals surface area contributed by atoms with Crippen LogP contribution in [0.25, 0.3) is 22.3 Å². The lowest BCUT2D eigenvalue weighted by Gasteiger charge is -2.45. The molecule has 0 aliphatic carbocycles. The minimum absolute atomic E-state index is 0.0831. The van der Waals surface area contributed by atoms with Crippen LogP contribution in [0.3, 0.4) is 0 Å². The van der Waals surface area contributed by atoms with Crippen molar-refractivity contribution in [1.29, 1.82) is 0 Å². The quantitative estimate of drug-likeness (QED) is 0.0357. The first kappa shape index (κ1) is 70.3. The SMILES string of the molecule is CC(C)=CCc1cc(C(=O)OC[C@H]2O[C@@H](O[C@H]3[C@H](Oc4cc(O)c5c(=O)c(O[C@@H]6O[C@@H](C)[C@H](O)[C@@H](O)[C@H]6O)c(-c6ccc(O)cc6)oc5c4)O[C@@H](C)[C@H](O)[C@H]3O)[C@H](O)[C@@H](O)[C@@H]2O)cc(CC=C(C)C)c1O[C@@H]1O[C@H](CO)[C@@H](O)[C@H](O)[C@H]1O[C@@H]1O[C@@H](C)[C@H](O)[C@@H](O)[C@H]1O. The minimum atomic E-state index is -2.10. The molecule has 3 aromatic carbocycles. The topological polar surface area (TPSA) is 472 Å². The maximum atomic E-state index is 14.3. The molecular weight excluding hydrogens is 1220 g/mol. The minimum Gasteiger partial charge on any atom is -0.508 e. The number of allylic oxidation sites excluding steroid dienone is 4. The molecule has 30 heteroatoms. The van der Waals surface area contributed by atoms with E-state index in [9.17, 15) is 91.3 Å². The Labute approximate surface area is 525 Å². The van der Waals surface area contributed by atoms with Crippen LogP contribution < -0.4 is 19.6 Å². The summed E-state index contributed by atoms with van der Waals surface area (Å²) in [4.78, 5) is 28.6. The van der Waals surface area contributed by atoms with E-state index in [1.54, 1.807) is 12.2 Å². The largest absolute Gasteiger partial charge is 0.508 e.